The topological polar surface area (TPSA) is 82.1 Å². The second-order valence-electron chi connectivity index (χ2n) is 2.22. The number of aliphatic hydroxyl groups excluding tert-OH is 1. The van der Waals surface area contributed by atoms with Crippen LogP contribution in [0.5, 0.6) is 0 Å². The smallest absolute Gasteiger partial charge is 0.422 e. The SMILES string of the molecule is COC(=O)C(=O)OC1=CC(O)OC1. The van der Waals surface area contributed by atoms with Crippen molar-refractivity contribution in [2.45, 2.75) is 6.29 Å². The number of hydrogen-bond donors (Lipinski definition) is 1. The van der Waals surface area contributed by atoms with E-state index in [0.717, 1.165) is 7.11 Å². The predicted octanol–water partition coefficient (Wildman–Crippen LogP) is -1.06. The first-order chi connectivity index (χ1) is 6.13. The molecule has 0 radical (unpaired) electrons. The van der Waals surface area contributed by atoms with Gasteiger partial charge in [0.25, 0.3) is 0 Å². The zero-order valence-electron chi connectivity index (χ0n) is 6.85. The molecule has 0 aromatic carbocycles. The highest BCUT2D eigenvalue weighted by Crippen LogP contribution is 2.10. The maximum absolute atomic E-state index is 10.8. The number of hydrogen-bond acceptors (Lipinski definition) is 6. The predicted molar refractivity (Wildman–Crippen MR) is 38.1 cm³/mol. The Labute approximate surface area is 73.7 Å². The van der Waals surface area contributed by atoms with Gasteiger partial charge >= 0.3 is 11.9 Å². The van der Waals surface area contributed by atoms with Gasteiger partial charge in [0.15, 0.2) is 6.29 Å². The Balaban J connectivity index is 2.45. The minimum Gasteiger partial charge on any atom is -0.461 e. The molecule has 6 nitrogen and oxygen atoms in total. The Kier molecular flexibility index (Phi) is 2.99. The molecule has 0 fully saturated rings. The summed E-state index contributed by atoms with van der Waals surface area (Å²) in [5, 5.41) is 8.80. The van der Waals surface area contributed by atoms with E-state index in [-0.39, 0.29) is 12.4 Å². The number of methoxy groups -OCH3 is 1. The van der Waals surface area contributed by atoms with Crippen LogP contribution in [0.15, 0.2) is 11.8 Å². The van der Waals surface area contributed by atoms with Gasteiger partial charge in [0.1, 0.15) is 12.4 Å². The third-order valence-corrected chi connectivity index (χ3v) is 1.30. The minimum absolute atomic E-state index is 0.0378. The van der Waals surface area contributed by atoms with Gasteiger partial charge in [-0.15, -0.1) is 0 Å². The number of aliphatic hydroxyl groups is 1. The van der Waals surface area contributed by atoms with Crippen molar-refractivity contribution < 1.29 is 28.9 Å². The van der Waals surface area contributed by atoms with E-state index in [2.05, 4.69) is 14.2 Å². The first kappa shape index (κ1) is 9.69. The molecule has 0 bridgehead atoms. The van der Waals surface area contributed by atoms with Crippen molar-refractivity contribution in [1.29, 1.82) is 0 Å². The van der Waals surface area contributed by atoms with Crippen LogP contribution in [-0.4, -0.2) is 37.1 Å². The van der Waals surface area contributed by atoms with E-state index >= 15 is 0 Å². The third-order valence-electron chi connectivity index (χ3n) is 1.30. The quantitative estimate of drug-likeness (QED) is 0.417. The van der Waals surface area contributed by atoms with Crippen LogP contribution in [0.25, 0.3) is 0 Å². The van der Waals surface area contributed by atoms with Crippen LogP contribution in [0.4, 0.5) is 0 Å². The molecule has 1 atom stereocenters. The number of esters is 2. The highest BCUT2D eigenvalue weighted by molar-refractivity contribution is 6.29. The molecule has 0 saturated carbocycles. The summed E-state index contributed by atoms with van der Waals surface area (Å²) in [6.07, 6.45) is 0.0985. The largest absolute Gasteiger partial charge is 0.461 e. The molecule has 1 unspecified atom stereocenters. The van der Waals surface area contributed by atoms with Gasteiger partial charge < -0.3 is 19.3 Å². The lowest BCUT2D eigenvalue weighted by Gasteiger charge is -2.00. The molecule has 0 aliphatic carbocycles. The molecule has 0 amide bonds. The average molecular weight is 188 g/mol. The summed E-state index contributed by atoms with van der Waals surface area (Å²) in [5.41, 5.74) is 0. The molecule has 0 aromatic rings. The third kappa shape index (κ3) is 2.53. The Hall–Kier alpha value is -1.40. The van der Waals surface area contributed by atoms with E-state index in [1.165, 1.54) is 6.08 Å². The van der Waals surface area contributed by atoms with Crippen molar-refractivity contribution in [2.24, 2.45) is 0 Å². The van der Waals surface area contributed by atoms with Crippen molar-refractivity contribution in [3.8, 4) is 0 Å². The Morgan fingerprint density at radius 2 is 2.31 bits per heavy atom. The van der Waals surface area contributed by atoms with E-state index in [9.17, 15) is 9.59 Å². The van der Waals surface area contributed by atoms with Gasteiger partial charge in [-0.25, -0.2) is 9.59 Å². The summed E-state index contributed by atoms with van der Waals surface area (Å²) in [4.78, 5) is 21.3. The van der Waals surface area contributed by atoms with E-state index < -0.39 is 18.2 Å². The first-order valence-corrected chi connectivity index (χ1v) is 3.44. The fourth-order valence-electron chi connectivity index (χ4n) is 0.730. The van der Waals surface area contributed by atoms with Crippen molar-refractivity contribution in [3.63, 3.8) is 0 Å². The standard InChI is InChI=1S/C7H8O6/c1-11-6(9)7(10)13-4-2-5(8)12-3-4/h2,5,8H,3H2,1H3. The fraction of sp³-hybridized carbons (Fsp3) is 0.429. The summed E-state index contributed by atoms with van der Waals surface area (Å²) < 4.78 is 13.2. The van der Waals surface area contributed by atoms with Crippen LogP contribution < -0.4 is 0 Å². The maximum Gasteiger partial charge on any atom is 0.422 e. The summed E-state index contributed by atoms with van der Waals surface area (Å²) >= 11 is 0. The van der Waals surface area contributed by atoms with Crippen molar-refractivity contribution in [2.75, 3.05) is 13.7 Å². The van der Waals surface area contributed by atoms with Gasteiger partial charge in [0.05, 0.1) is 7.11 Å². The van der Waals surface area contributed by atoms with Crippen LogP contribution in [0.2, 0.25) is 0 Å². The molecule has 1 heterocycles. The van der Waals surface area contributed by atoms with E-state index in [1.807, 2.05) is 0 Å². The van der Waals surface area contributed by atoms with Crippen LogP contribution in [0, 0.1) is 0 Å². The average Bonchev–Trinajstić information content (AvgIpc) is 2.49. The molecule has 0 spiro atoms. The van der Waals surface area contributed by atoms with Crippen LogP contribution in [0.1, 0.15) is 0 Å². The van der Waals surface area contributed by atoms with E-state index in [4.69, 9.17) is 5.11 Å². The maximum atomic E-state index is 10.8. The van der Waals surface area contributed by atoms with Crippen LogP contribution >= 0.6 is 0 Å². The lowest BCUT2D eigenvalue weighted by Crippen LogP contribution is -2.18. The normalized spacial score (nSPS) is 20.8. The minimum atomic E-state index is -1.13. The molecule has 1 rings (SSSR count). The molecule has 13 heavy (non-hydrogen) atoms. The summed E-state index contributed by atoms with van der Waals surface area (Å²) in [7, 11) is 1.07. The van der Waals surface area contributed by atoms with E-state index in [0.29, 0.717) is 0 Å². The molecule has 1 N–H and O–H groups in total. The fourth-order valence-corrected chi connectivity index (χ4v) is 0.730. The summed E-state index contributed by atoms with van der Waals surface area (Å²) in [5.74, 6) is -2.13. The van der Waals surface area contributed by atoms with Gasteiger partial charge in [-0.1, -0.05) is 0 Å². The summed E-state index contributed by atoms with van der Waals surface area (Å²) in [6.45, 7) is -0.0378. The Bertz CT molecular complexity index is 256. The zero-order chi connectivity index (χ0) is 9.84. The van der Waals surface area contributed by atoms with Crippen molar-refractivity contribution in [3.05, 3.63) is 11.8 Å². The van der Waals surface area contributed by atoms with Gasteiger partial charge in [-0.2, -0.15) is 0 Å². The molecule has 1 aliphatic heterocycles. The van der Waals surface area contributed by atoms with E-state index in [1.54, 1.807) is 0 Å². The lowest BCUT2D eigenvalue weighted by atomic mass is 10.5. The zero-order valence-corrected chi connectivity index (χ0v) is 6.85. The lowest BCUT2D eigenvalue weighted by molar-refractivity contribution is -0.163. The van der Waals surface area contributed by atoms with Gasteiger partial charge in [-0.05, 0) is 0 Å². The first-order valence-electron chi connectivity index (χ1n) is 3.44. The van der Waals surface area contributed by atoms with Crippen LogP contribution in [0.3, 0.4) is 0 Å². The molecule has 0 saturated heterocycles. The highest BCUT2D eigenvalue weighted by atomic mass is 16.6. The second-order valence-corrected chi connectivity index (χ2v) is 2.22. The molecule has 6 heteroatoms. The monoisotopic (exact) mass is 188 g/mol. The number of rotatable bonds is 1. The van der Waals surface area contributed by atoms with Crippen molar-refractivity contribution in [1.82, 2.24) is 0 Å². The van der Waals surface area contributed by atoms with Gasteiger partial charge in [-0.3, -0.25) is 0 Å². The molecular formula is C7H8O6. The van der Waals surface area contributed by atoms with Crippen molar-refractivity contribution >= 4 is 11.9 Å². The van der Waals surface area contributed by atoms with Gasteiger partial charge in [0.2, 0.25) is 0 Å². The molecule has 0 aromatic heterocycles. The molecular weight excluding hydrogens is 180 g/mol. The van der Waals surface area contributed by atoms with Gasteiger partial charge in [0, 0.05) is 6.08 Å². The number of carbonyl (C=O) groups is 2. The summed E-state index contributed by atoms with van der Waals surface area (Å²) in [6, 6.07) is 0. The highest BCUT2D eigenvalue weighted by Gasteiger charge is 2.22. The number of carbonyl (C=O) groups excluding carboxylic acids is 2. The Morgan fingerprint density at radius 1 is 1.62 bits per heavy atom. The molecule has 72 valence electrons. The second kappa shape index (κ2) is 4.01. The number of ether oxygens (including phenoxy) is 3. The Morgan fingerprint density at radius 3 is 2.77 bits per heavy atom. The van der Waals surface area contributed by atoms with Crippen LogP contribution in [-0.2, 0) is 23.8 Å². The molecule has 1 aliphatic rings.